The monoisotopic (exact) mass is 716 g/mol. The van der Waals surface area contributed by atoms with E-state index in [2.05, 4.69) is 49.6 Å². The van der Waals surface area contributed by atoms with Crippen LogP contribution in [0.3, 0.4) is 0 Å². The number of nitrogens with one attached hydrogen (secondary N) is 2. The third-order valence-electron chi connectivity index (χ3n) is 9.34. The Bertz CT molecular complexity index is 1970. The molecule has 50 heavy (non-hydrogen) atoms. The van der Waals surface area contributed by atoms with Crippen LogP contribution in [0.1, 0.15) is 73.0 Å². The average molecular weight is 717 g/mol. The number of carbonyl (C=O) groups excluding carboxylic acids is 2. The number of amides is 2. The van der Waals surface area contributed by atoms with Crippen LogP contribution in [0.2, 0.25) is 5.02 Å². The lowest BCUT2D eigenvalue weighted by atomic mass is 9.72. The summed E-state index contributed by atoms with van der Waals surface area (Å²) < 4.78 is 44.9. The fourth-order valence-electron chi connectivity index (χ4n) is 6.25. The molecule has 3 N–H and O–H groups in total. The Labute approximate surface area is 298 Å². The molecule has 0 aliphatic heterocycles. The molecule has 0 radical (unpaired) electrons. The number of rotatable bonds is 11. The maximum atomic E-state index is 14.0. The highest BCUT2D eigenvalue weighted by Crippen LogP contribution is 2.40. The summed E-state index contributed by atoms with van der Waals surface area (Å²) in [7, 11) is -4.19. The number of allylic oxidation sites excluding steroid dienone is 2. The first-order valence-corrected chi connectivity index (χ1v) is 18.6. The maximum Gasteiger partial charge on any atom is 0.266 e. The Hall–Kier alpha value is -4.31. The zero-order chi connectivity index (χ0) is 36.1. The van der Waals surface area contributed by atoms with Crippen LogP contribution in [-0.2, 0) is 21.3 Å². The first-order chi connectivity index (χ1) is 23.7. The number of hydrogen-bond acceptors (Lipinski definition) is 4. The number of benzene rings is 4. The van der Waals surface area contributed by atoms with Crippen molar-refractivity contribution in [2.45, 2.75) is 52.4 Å². The van der Waals surface area contributed by atoms with Gasteiger partial charge in [-0.2, -0.15) is 8.42 Å². The Morgan fingerprint density at radius 1 is 0.920 bits per heavy atom. The summed E-state index contributed by atoms with van der Waals surface area (Å²) >= 11 is 5.84. The summed E-state index contributed by atoms with van der Waals surface area (Å²) in [5, 5.41) is 5.57. The third kappa shape index (κ3) is 9.90. The molecule has 1 aliphatic carbocycles. The van der Waals surface area contributed by atoms with Gasteiger partial charge < -0.3 is 10.6 Å². The molecule has 0 spiro atoms. The molecule has 5 rings (SSSR count). The number of anilines is 1. The molecule has 4 aromatic carbocycles. The molecule has 2 amide bonds. The van der Waals surface area contributed by atoms with E-state index < -0.39 is 33.5 Å². The van der Waals surface area contributed by atoms with E-state index in [0.717, 1.165) is 41.5 Å². The highest BCUT2D eigenvalue weighted by Gasteiger charge is 2.27. The molecule has 262 valence electrons. The SMILES string of the molecule is CC(C)(C)C1CC=C(c2ccc(C(Cc3ccc(C(=O)NCCS(=O)(=O)O)cc3)C(=O)Nc3ccc(-c4ccc(Cl)c(F)c4)cc3)cc2)CC1. The summed E-state index contributed by atoms with van der Waals surface area (Å²) in [6.45, 7) is 6.66. The smallest absolute Gasteiger partial charge is 0.266 e. The lowest BCUT2D eigenvalue weighted by Crippen LogP contribution is -2.28. The van der Waals surface area contributed by atoms with Gasteiger partial charge in [0.25, 0.3) is 16.0 Å². The number of carbonyl (C=O) groups is 2. The minimum atomic E-state index is -4.19. The summed E-state index contributed by atoms with van der Waals surface area (Å²) in [5.41, 5.74) is 6.77. The predicted octanol–water partition coefficient (Wildman–Crippen LogP) is 8.96. The van der Waals surface area contributed by atoms with Crippen molar-refractivity contribution in [3.8, 4) is 11.1 Å². The first kappa shape index (κ1) is 37.0. The minimum Gasteiger partial charge on any atom is -0.351 e. The van der Waals surface area contributed by atoms with Crippen molar-refractivity contribution in [1.82, 2.24) is 5.32 Å². The zero-order valence-electron chi connectivity index (χ0n) is 28.4. The standard InChI is InChI=1S/C40H42ClFN2O5S/c1-40(2,3)33-17-12-28(13-18-33)27-8-10-30(11-9-27)35(24-26-4-6-31(7-5-26)38(45)43-22-23-50(47,48)49)39(46)44-34-19-14-29(15-20-34)32-16-21-36(41)37(42)25-32/h4-12,14-16,19-21,25,33,35H,13,17-18,22-24H2,1-3H3,(H,43,45)(H,44,46)(H,47,48,49). The first-order valence-electron chi connectivity index (χ1n) is 16.6. The van der Waals surface area contributed by atoms with Crippen molar-refractivity contribution in [1.29, 1.82) is 0 Å². The summed E-state index contributed by atoms with van der Waals surface area (Å²) in [6.07, 6.45) is 5.91. The lowest BCUT2D eigenvalue weighted by molar-refractivity contribution is -0.117. The van der Waals surface area contributed by atoms with Crippen LogP contribution in [-0.4, -0.2) is 37.1 Å². The highest BCUT2D eigenvalue weighted by molar-refractivity contribution is 7.85. The molecule has 2 atom stereocenters. The van der Waals surface area contributed by atoms with Gasteiger partial charge in [-0.1, -0.05) is 93.0 Å². The van der Waals surface area contributed by atoms with Gasteiger partial charge in [0, 0.05) is 17.8 Å². The Kier molecular flexibility index (Phi) is 11.6. The molecule has 0 heterocycles. The van der Waals surface area contributed by atoms with Crippen LogP contribution < -0.4 is 10.6 Å². The summed E-state index contributed by atoms with van der Waals surface area (Å²) in [4.78, 5) is 26.4. The number of hydrogen-bond donors (Lipinski definition) is 3. The largest absolute Gasteiger partial charge is 0.351 e. The molecule has 10 heteroatoms. The molecule has 4 aromatic rings. The van der Waals surface area contributed by atoms with Crippen LogP contribution >= 0.6 is 11.6 Å². The lowest BCUT2D eigenvalue weighted by Gasteiger charge is -2.33. The normalized spacial score (nSPS) is 15.6. The predicted molar refractivity (Wildman–Crippen MR) is 198 cm³/mol. The minimum absolute atomic E-state index is 0.0509. The zero-order valence-corrected chi connectivity index (χ0v) is 30.0. The van der Waals surface area contributed by atoms with Crippen molar-refractivity contribution >= 4 is 44.8 Å². The van der Waals surface area contributed by atoms with Gasteiger partial charge in [-0.05, 0) is 107 Å². The molecular weight excluding hydrogens is 675 g/mol. The van der Waals surface area contributed by atoms with Crippen LogP contribution in [0.15, 0.2) is 97.1 Å². The van der Waals surface area contributed by atoms with Crippen molar-refractivity contribution in [2.75, 3.05) is 17.6 Å². The number of halogens is 2. The molecule has 0 fully saturated rings. The molecule has 7 nitrogen and oxygen atoms in total. The molecule has 0 aromatic heterocycles. The second-order valence-corrected chi connectivity index (χ2v) is 15.9. The van der Waals surface area contributed by atoms with Gasteiger partial charge >= 0.3 is 0 Å². The van der Waals surface area contributed by atoms with E-state index in [1.165, 1.54) is 17.7 Å². The van der Waals surface area contributed by atoms with Crippen molar-refractivity contribution < 1.29 is 27.0 Å². The van der Waals surface area contributed by atoms with E-state index in [9.17, 15) is 22.4 Å². The average Bonchev–Trinajstić information content (AvgIpc) is 3.08. The maximum absolute atomic E-state index is 14.0. The fraction of sp³-hybridized carbons (Fsp3) is 0.300. The quantitative estimate of drug-likeness (QED) is 0.134. The third-order valence-corrected chi connectivity index (χ3v) is 10.4. The van der Waals surface area contributed by atoms with Crippen molar-refractivity contribution in [3.05, 3.63) is 130 Å². The van der Waals surface area contributed by atoms with Gasteiger partial charge in [0.1, 0.15) is 5.82 Å². The van der Waals surface area contributed by atoms with Crippen LogP contribution in [0.5, 0.6) is 0 Å². The van der Waals surface area contributed by atoms with Gasteiger partial charge in [-0.15, -0.1) is 0 Å². The second-order valence-electron chi connectivity index (χ2n) is 13.9. The Balaban J connectivity index is 1.34. The van der Waals surface area contributed by atoms with Gasteiger partial charge in [-0.3, -0.25) is 14.1 Å². The molecule has 0 saturated heterocycles. The van der Waals surface area contributed by atoms with Gasteiger partial charge in [-0.25, -0.2) is 4.39 Å². The van der Waals surface area contributed by atoms with Crippen molar-refractivity contribution in [2.24, 2.45) is 11.3 Å². The molecule has 2 unspecified atom stereocenters. The van der Waals surface area contributed by atoms with Crippen LogP contribution in [0.25, 0.3) is 16.7 Å². The fourth-order valence-corrected chi connectivity index (χ4v) is 6.73. The van der Waals surface area contributed by atoms with E-state index in [0.29, 0.717) is 29.2 Å². The molecule has 1 aliphatic rings. The van der Waals surface area contributed by atoms with Crippen LogP contribution in [0.4, 0.5) is 10.1 Å². The van der Waals surface area contributed by atoms with Gasteiger partial charge in [0.05, 0.1) is 16.7 Å². The second kappa shape index (κ2) is 15.7. The summed E-state index contributed by atoms with van der Waals surface area (Å²) in [6, 6.07) is 26.7. The molecular formula is C40H42ClFN2O5S. The topological polar surface area (TPSA) is 113 Å². The van der Waals surface area contributed by atoms with E-state index in [1.54, 1.807) is 42.5 Å². The van der Waals surface area contributed by atoms with E-state index in [1.807, 2.05) is 24.3 Å². The Morgan fingerprint density at radius 3 is 2.14 bits per heavy atom. The van der Waals surface area contributed by atoms with E-state index in [4.69, 9.17) is 16.2 Å². The highest BCUT2D eigenvalue weighted by atomic mass is 35.5. The summed E-state index contributed by atoms with van der Waals surface area (Å²) in [5.74, 6) is -1.68. The molecule has 0 saturated carbocycles. The van der Waals surface area contributed by atoms with Crippen molar-refractivity contribution in [3.63, 3.8) is 0 Å². The van der Waals surface area contributed by atoms with Gasteiger partial charge in [0.2, 0.25) is 5.91 Å². The van der Waals surface area contributed by atoms with Crippen LogP contribution in [0, 0.1) is 17.2 Å². The Morgan fingerprint density at radius 2 is 1.56 bits per heavy atom. The van der Waals surface area contributed by atoms with E-state index >= 15 is 0 Å². The van der Waals surface area contributed by atoms with E-state index in [-0.39, 0.29) is 22.9 Å². The molecule has 0 bridgehead atoms. The van der Waals surface area contributed by atoms with Gasteiger partial charge in [0.15, 0.2) is 0 Å².